The minimum atomic E-state index is -0.360. The highest BCUT2D eigenvalue weighted by molar-refractivity contribution is 6.30. The van der Waals surface area contributed by atoms with Crippen LogP contribution >= 0.6 is 11.6 Å². The standard InChI is InChI=1S/C19H20ClNO3/c1-3-24-19(23)15-7-10-17(13(2)12-15)21-18(22)11-6-14-4-8-16(20)9-5-14/h4-5,7-10,12H,3,6,11H2,1-2H3,(H,21,22). The Hall–Kier alpha value is -2.33. The molecule has 0 aromatic heterocycles. The van der Waals surface area contributed by atoms with Crippen molar-refractivity contribution in [1.29, 1.82) is 0 Å². The van der Waals surface area contributed by atoms with Crippen molar-refractivity contribution in [2.24, 2.45) is 0 Å². The van der Waals surface area contributed by atoms with Gasteiger partial charge in [-0.3, -0.25) is 4.79 Å². The molecule has 0 unspecified atom stereocenters. The molecule has 0 saturated heterocycles. The normalized spacial score (nSPS) is 10.3. The number of aryl methyl sites for hydroxylation is 2. The lowest BCUT2D eigenvalue weighted by molar-refractivity contribution is -0.116. The van der Waals surface area contributed by atoms with E-state index in [1.807, 2.05) is 31.2 Å². The molecule has 24 heavy (non-hydrogen) atoms. The van der Waals surface area contributed by atoms with Gasteiger partial charge in [-0.05, 0) is 61.7 Å². The molecule has 0 aliphatic rings. The van der Waals surface area contributed by atoms with Crippen molar-refractivity contribution in [2.75, 3.05) is 11.9 Å². The zero-order valence-electron chi connectivity index (χ0n) is 13.8. The Balaban J connectivity index is 1.93. The Morgan fingerprint density at radius 2 is 1.83 bits per heavy atom. The molecule has 2 aromatic carbocycles. The third-order valence-electron chi connectivity index (χ3n) is 3.57. The van der Waals surface area contributed by atoms with Gasteiger partial charge in [-0.15, -0.1) is 0 Å². The Kier molecular flexibility index (Phi) is 6.38. The predicted octanol–water partition coefficient (Wildman–Crippen LogP) is 4.40. The monoisotopic (exact) mass is 345 g/mol. The molecular weight excluding hydrogens is 326 g/mol. The van der Waals surface area contributed by atoms with Crippen molar-refractivity contribution < 1.29 is 14.3 Å². The molecule has 2 aromatic rings. The lowest BCUT2D eigenvalue weighted by atomic mass is 10.1. The first-order valence-corrected chi connectivity index (χ1v) is 8.19. The highest BCUT2D eigenvalue weighted by atomic mass is 35.5. The second-order valence-corrected chi connectivity index (χ2v) is 5.86. The summed E-state index contributed by atoms with van der Waals surface area (Å²) in [5.74, 6) is -0.432. The Morgan fingerprint density at radius 1 is 1.12 bits per heavy atom. The van der Waals surface area contributed by atoms with Crippen molar-refractivity contribution in [1.82, 2.24) is 0 Å². The van der Waals surface area contributed by atoms with E-state index in [2.05, 4.69) is 5.32 Å². The van der Waals surface area contributed by atoms with Gasteiger partial charge in [0.05, 0.1) is 12.2 Å². The highest BCUT2D eigenvalue weighted by Crippen LogP contribution is 2.18. The first-order chi connectivity index (χ1) is 11.5. The molecule has 0 radical (unpaired) electrons. The van der Waals surface area contributed by atoms with Crippen molar-refractivity contribution in [3.63, 3.8) is 0 Å². The van der Waals surface area contributed by atoms with Crippen molar-refractivity contribution in [3.05, 3.63) is 64.2 Å². The summed E-state index contributed by atoms with van der Waals surface area (Å²) in [6.07, 6.45) is 1.02. The number of carbonyl (C=O) groups is 2. The van der Waals surface area contributed by atoms with Crippen molar-refractivity contribution in [2.45, 2.75) is 26.7 Å². The van der Waals surface area contributed by atoms with E-state index in [9.17, 15) is 9.59 Å². The number of carbonyl (C=O) groups excluding carboxylic acids is 2. The summed E-state index contributed by atoms with van der Waals surface area (Å²) in [5, 5.41) is 3.55. The molecule has 4 nitrogen and oxygen atoms in total. The maximum absolute atomic E-state index is 12.1. The second kappa shape index (κ2) is 8.50. The van der Waals surface area contributed by atoms with E-state index < -0.39 is 0 Å². The van der Waals surface area contributed by atoms with E-state index in [1.165, 1.54) is 0 Å². The number of rotatable bonds is 6. The van der Waals surface area contributed by atoms with Crippen LogP contribution in [-0.2, 0) is 16.0 Å². The van der Waals surface area contributed by atoms with Gasteiger partial charge < -0.3 is 10.1 Å². The van der Waals surface area contributed by atoms with Crippen molar-refractivity contribution >= 4 is 29.2 Å². The molecule has 1 N–H and O–H groups in total. The van der Waals surface area contributed by atoms with Gasteiger partial charge in [0.15, 0.2) is 0 Å². The van der Waals surface area contributed by atoms with E-state index in [0.717, 1.165) is 11.1 Å². The second-order valence-electron chi connectivity index (χ2n) is 5.42. The van der Waals surface area contributed by atoms with Gasteiger partial charge in [0.1, 0.15) is 0 Å². The molecule has 0 fully saturated rings. The van der Waals surface area contributed by atoms with Gasteiger partial charge in [-0.2, -0.15) is 0 Å². The number of hydrogen-bond donors (Lipinski definition) is 1. The Labute approximate surface area is 146 Å². The average molecular weight is 346 g/mol. The van der Waals surface area contributed by atoms with Gasteiger partial charge in [0, 0.05) is 17.1 Å². The van der Waals surface area contributed by atoms with Gasteiger partial charge in [-0.1, -0.05) is 23.7 Å². The molecule has 0 spiro atoms. The molecule has 0 aliphatic carbocycles. The fourth-order valence-corrected chi connectivity index (χ4v) is 2.39. The quantitative estimate of drug-likeness (QED) is 0.789. The summed E-state index contributed by atoms with van der Waals surface area (Å²) in [6.45, 7) is 3.94. The summed E-state index contributed by atoms with van der Waals surface area (Å²) in [7, 11) is 0. The summed E-state index contributed by atoms with van der Waals surface area (Å²) < 4.78 is 4.96. The lowest BCUT2D eigenvalue weighted by Gasteiger charge is -2.10. The van der Waals surface area contributed by atoms with Gasteiger partial charge >= 0.3 is 5.97 Å². The van der Waals surface area contributed by atoms with E-state index in [0.29, 0.717) is 35.7 Å². The topological polar surface area (TPSA) is 55.4 Å². The van der Waals surface area contributed by atoms with Gasteiger partial charge in [-0.25, -0.2) is 4.79 Å². The van der Waals surface area contributed by atoms with Crippen LogP contribution in [0.15, 0.2) is 42.5 Å². The van der Waals surface area contributed by atoms with Crippen LogP contribution in [0, 0.1) is 6.92 Å². The fraction of sp³-hybridized carbons (Fsp3) is 0.263. The smallest absolute Gasteiger partial charge is 0.338 e. The van der Waals surface area contributed by atoms with Crippen molar-refractivity contribution in [3.8, 4) is 0 Å². The van der Waals surface area contributed by atoms with E-state index >= 15 is 0 Å². The zero-order valence-corrected chi connectivity index (χ0v) is 14.5. The van der Waals surface area contributed by atoms with Crippen LogP contribution in [0.3, 0.4) is 0 Å². The number of benzene rings is 2. The number of amides is 1. The maximum Gasteiger partial charge on any atom is 0.338 e. The molecule has 0 saturated carbocycles. The van der Waals surface area contributed by atoms with Crippen LogP contribution in [0.5, 0.6) is 0 Å². The molecule has 2 rings (SSSR count). The summed E-state index contributed by atoms with van der Waals surface area (Å²) in [4.78, 5) is 23.8. The third kappa shape index (κ3) is 5.10. The van der Waals surface area contributed by atoms with Gasteiger partial charge in [0.25, 0.3) is 0 Å². The SMILES string of the molecule is CCOC(=O)c1ccc(NC(=O)CCc2ccc(Cl)cc2)c(C)c1. The van der Waals surface area contributed by atoms with Crippen LogP contribution in [0.2, 0.25) is 5.02 Å². The highest BCUT2D eigenvalue weighted by Gasteiger charge is 2.10. The first kappa shape index (κ1) is 18.0. The number of anilines is 1. The number of esters is 1. The molecule has 0 bridgehead atoms. The number of nitrogens with one attached hydrogen (secondary N) is 1. The van der Waals surface area contributed by atoms with Crippen LogP contribution in [-0.4, -0.2) is 18.5 Å². The number of halogens is 1. The minimum absolute atomic E-state index is 0.0723. The number of hydrogen-bond acceptors (Lipinski definition) is 3. The molecule has 1 amide bonds. The summed E-state index contributed by atoms with van der Waals surface area (Å²) in [6, 6.07) is 12.5. The summed E-state index contributed by atoms with van der Waals surface area (Å²) in [5.41, 5.74) is 3.06. The van der Waals surface area contributed by atoms with E-state index in [-0.39, 0.29) is 11.9 Å². The van der Waals surface area contributed by atoms with E-state index in [4.69, 9.17) is 16.3 Å². The fourth-order valence-electron chi connectivity index (χ4n) is 2.27. The van der Waals surface area contributed by atoms with E-state index in [1.54, 1.807) is 25.1 Å². The Morgan fingerprint density at radius 3 is 2.46 bits per heavy atom. The first-order valence-electron chi connectivity index (χ1n) is 7.81. The van der Waals surface area contributed by atoms with Crippen LogP contribution in [0.1, 0.15) is 34.8 Å². The van der Waals surface area contributed by atoms with Crippen LogP contribution < -0.4 is 5.32 Å². The zero-order chi connectivity index (χ0) is 17.5. The molecule has 5 heteroatoms. The Bertz CT molecular complexity index is 726. The third-order valence-corrected chi connectivity index (χ3v) is 3.82. The molecule has 126 valence electrons. The number of ether oxygens (including phenoxy) is 1. The largest absolute Gasteiger partial charge is 0.462 e. The van der Waals surface area contributed by atoms with Crippen LogP contribution in [0.25, 0.3) is 0 Å². The average Bonchev–Trinajstić information content (AvgIpc) is 2.56. The molecule has 0 aliphatic heterocycles. The maximum atomic E-state index is 12.1. The minimum Gasteiger partial charge on any atom is -0.462 e. The molecule has 0 atom stereocenters. The molecular formula is C19H20ClNO3. The van der Waals surface area contributed by atoms with Gasteiger partial charge in [0.2, 0.25) is 5.91 Å². The predicted molar refractivity (Wildman–Crippen MR) is 95.5 cm³/mol. The van der Waals surface area contributed by atoms with Crippen LogP contribution in [0.4, 0.5) is 5.69 Å². The molecule has 0 heterocycles. The lowest BCUT2D eigenvalue weighted by Crippen LogP contribution is -2.14. The summed E-state index contributed by atoms with van der Waals surface area (Å²) >= 11 is 5.84.